The summed E-state index contributed by atoms with van der Waals surface area (Å²) in [5, 5.41) is 3.60. The predicted molar refractivity (Wildman–Crippen MR) is 97.7 cm³/mol. The Labute approximate surface area is 134 Å². The van der Waals surface area contributed by atoms with Crippen molar-refractivity contribution in [2.45, 2.75) is 40.5 Å². The lowest BCUT2D eigenvalue weighted by Crippen LogP contribution is -2.07. The quantitative estimate of drug-likeness (QED) is 0.699. The first-order chi connectivity index (χ1) is 10.5. The predicted octanol–water partition coefficient (Wildman–Crippen LogP) is 5.41. The molecule has 2 aromatic carbocycles. The molecule has 0 spiro atoms. The molecule has 2 aromatic rings. The van der Waals surface area contributed by atoms with Crippen LogP contribution in [-0.2, 0) is 12.8 Å². The third kappa shape index (κ3) is 4.27. The number of para-hydroxylation sites is 3. The summed E-state index contributed by atoms with van der Waals surface area (Å²) in [5.74, 6) is 1.26. The third-order valence-electron chi connectivity index (χ3n) is 3.71. The van der Waals surface area contributed by atoms with Gasteiger partial charge in [-0.15, -0.1) is 0 Å². The van der Waals surface area contributed by atoms with Crippen molar-refractivity contribution in [1.29, 1.82) is 0 Å². The van der Waals surface area contributed by atoms with Gasteiger partial charge in [-0.05, 0) is 47.9 Å². The fourth-order valence-electron chi connectivity index (χ4n) is 2.78. The molecule has 0 saturated carbocycles. The average Bonchev–Trinajstić information content (AvgIpc) is 2.43. The summed E-state index contributed by atoms with van der Waals surface area (Å²) in [6.45, 7) is 9.04. The second-order valence-electron chi connectivity index (χ2n) is 6.86. The molecule has 0 atom stereocenters. The Balaban J connectivity index is 2.42. The normalized spacial score (nSPS) is 11.2. The summed E-state index contributed by atoms with van der Waals surface area (Å²) in [6, 6.07) is 14.6. The Morgan fingerprint density at radius 2 is 1.36 bits per heavy atom. The highest BCUT2D eigenvalue weighted by molar-refractivity contribution is 5.75. The summed E-state index contributed by atoms with van der Waals surface area (Å²) in [6.07, 6.45) is 2.14. The van der Waals surface area contributed by atoms with E-state index in [0.717, 1.165) is 24.2 Å². The molecule has 2 heteroatoms. The number of nitrogen functional groups attached to an aromatic ring is 1. The van der Waals surface area contributed by atoms with Crippen molar-refractivity contribution in [1.82, 2.24) is 0 Å². The van der Waals surface area contributed by atoms with Gasteiger partial charge in [0.1, 0.15) is 0 Å². The van der Waals surface area contributed by atoms with Crippen LogP contribution < -0.4 is 11.1 Å². The monoisotopic (exact) mass is 296 g/mol. The molecule has 0 aliphatic carbocycles. The Kier molecular flexibility index (Phi) is 5.48. The first kappa shape index (κ1) is 16.4. The van der Waals surface area contributed by atoms with Crippen LogP contribution in [0, 0.1) is 11.8 Å². The molecule has 0 aliphatic heterocycles. The van der Waals surface area contributed by atoms with Crippen LogP contribution in [0.4, 0.5) is 17.1 Å². The van der Waals surface area contributed by atoms with Gasteiger partial charge in [-0.25, -0.2) is 0 Å². The average molecular weight is 296 g/mol. The van der Waals surface area contributed by atoms with Gasteiger partial charge in [-0.1, -0.05) is 58.0 Å². The van der Waals surface area contributed by atoms with Crippen LogP contribution >= 0.6 is 0 Å². The molecule has 0 heterocycles. The number of hydrogen-bond acceptors (Lipinski definition) is 2. The highest BCUT2D eigenvalue weighted by atomic mass is 14.9. The molecule has 0 aliphatic rings. The Morgan fingerprint density at radius 3 is 1.86 bits per heavy atom. The van der Waals surface area contributed by atoms with Crippen molar-refractivity contribution in [2.75, 3.05) is 11.1 Å². The summed E-state index contributed by atoms with van der Waals surface area (Å²) in [5.41, 5.74) is 11.9. The molecule has 0 bridgehead atoms. The number of nitrogens with two attached hydrogens (primary N) is 1. The standard InChI is InChI=1S/C20H28N2/c1-14(2)12-16-8-7-9-17(13-15(3)4)20(16)22-19-11-6-5-10-18(19)21/h5-11,14-15,22H,12-13,21H2,1-4H3. The van der Waals surface area contributed by atoms with Crippen LogP contribution in [0.3, 0.4) is 0 Å². The van der Waals surface area contributed by atoms with Crippen molar-refractivity contribution >= 4 is 17.1 Å². The molecule has 0 amide bonds. The topological polar surface area (TPSA) is 38.0 Å². The SMILES string of the molecule is CC(C)Cc1cccc(CC(C)C)c1Nc1ccccc1N. The number of anilines is 3. The zero-order chi connectivity index (χ0) is 16.1. The van der Waals surface area contributed by atoms with Crippen LogP contribution in [0.15, 0.2) is 42.5 Å². The Morgan fingerprint density at radius 1 is 0.818 bits per heavy atom. The summed E-state index contributed by atoms with van der Waals surface area (Å²) in [7, 11) is 0. The zero-order valence-electron chi connectivity index (χ0n) is 14.2. The van der Waals surface area contributed by atoms with Gasteiger partial charge in [0.15, 0.2) is 0 Å². The molecule has 0 fully saturated rings. The van der Waals surface area contributed by atoms with Crippen LogP contribution in [0.2, 0.25) is 0 Å². The summed E-state index contributed by atoms with van der Waals surface area (Å²) in [4.78, 5) is 0. The van der Waals surface area contributed by atoms with Gasteiger partial charge in [0, 0.05) is 5.69 Å². The molecule has 2 rings (SSSR count). The fraction of sp³-hybridized carbons (Fsp3) is 0.400. The van der Waals surface area contributed by atoms with Gasteiger partial charge in [-0.2, -0.15) is 0 Å². The minimum Gasteiger partial charge on any atom is -0.397 e. The largest absolute Gasteiger partial charge is 0.397 e. The van der Waals surface area contributed by atoms with E-state index in [0.29, 0.717) is 11.8 Å². The third-order valence-corrected chi connectivity index (χ3v) is 3.71. The first-order valence-electron chi connectivity index (χ1n) is 8.19. The Bertz CT molecular complexity index is 587. The smallest absolute Gasteiger partial charge is 0.0618 e. The maximum Gasteiger partial charge on any atom is 0.0618 e. The van der Waals surface area contributed by atoms with Crippen molar-refractivity contribution in [2.24, 2.45) is 11.8 Å². The molecule has 0 saturated heterocycles. The summed E-state index contributed by atoms with van der Waals surface area (Å²) < 4.78 is 0. The van der Waals surface area contributed by atoms with Crippen molar-refractivity contribution < 1.29 is 0 Å². The van der Waals surface area contributed by atoms with Gasteiger partial charge in [0.25, 0.3) is 0 Å². The molecule has 22 heavy (non-hydrogen) atoms. The molecule has 118 valence electrons. The number of hydrogen-bond donors (Lipinski definition) is 2. The fourth-order valence-corrected chi connectivity index (χ4v) is 2.78. The lowest BCUT2D eigenvalue weighted by atomic mass is 9.94. The number of rotatable bonds is 6. The minimum absolute atomic E-state index is 0.628. The molecule has 0 unspecified atom stereocenters. The molecule has 3 N–H and O–H groups in total. The van der Waals surface area contributed by atoms with Crippen LogP contribution in [0.25, 0.3) is 0 Å². The van der Waals surface area contributed by atoms with E-state index in [9.17, 15) is 0 Å². The first-order valence-corrected chi connectivity index (χ1v) is 8.19. The van der Waals surface area contributed by atoms with E-state index in [2.05, 4.69) is 51.2 Å². The van der Waals surface area contributed by atoms with Gasteiger partial charge in [0.05, 0.1) is 11.4 Å². The van der Waals surface area contributed by atoms with E-state index >= 15 is 0 Å². The van der Waals surface area contributed by atoms with E-state index < -0.39 is 0 Å². The summed E-state index contributed by atoms with van der Waals surface area (Å²) >= 11 is 0. The zero-order valence-corrected chi connectivity index (χ0v) is 14.2. The molecule has 0 radical (unpaired) electrons. The van der Waals surface area contributed by atoms with Gasteiger partial charge >= 0.3 is 0 Å². The minimum atomic E-state index is 0.628. The van der Waals surface area contributed by atoms with Gasteiger partial charge < -0.3 is 11.1 Å². The highest BCUT2D eigenvalue weighted by Crippen LogP contribution is 2.31. The molecule has 2 nitrogen and oxygen atoms in total. The molecular weight excluding hydrogens is 268 g/mol. The van der Waals surface area contributed by atoms with Crippen molar-refractivity contribution in [3.05, 3.63) is 53.6 Å². The Hall–Kier alpha value is -1.96. The maximum atomic E-state index is 6.11. The van der Waals surface area contributed by atoms with Crippen molar-refractivity contribution in [3.8, 4) is 0 Å². The lowest BCUT2D eigenvalue weighted by Gasteiger charge is -2.20. The molecular formula is C20H28N2. The van der Waals surface area contributed by atoms with Crippen LogP contribution in [0.5, 0.6) is 0 Å². The van der Waals surface area contributed by atoms with E-state index in [-0.39, 0.29) is 0 Å². The van der Waals surface area contributed by atoms with E-state index in [1.165, 1.54) is 16.8 Å². The molecule has 0 aromatic heterocycles. The van der Waals surface area contributed by atoms with E-state index in [1.54, 1.807) is 0 Å². The van der Waals surface area contributed by atoms with Gasteiger partial charge in [0.2, 0.25) is 0 Å². The van der Waals surface area contributed by atoms with Gasteiger partial charge in [-0.3, -0.25) is 0 Å². The van der Waals surface area contributed by atoms with Crippen LogP contribution in [0.1, 0.15) is 38.8 Å². The van der Waals surface area contributed by atoms with E-state index in [1.807, 2.05) is 24.3 Å². The van der Waals surface area contributed by atoms with E-state index in [4.69, 9.17) is 5.73 Å². The lowest BCUT2D eigenvalue weighted by molar-refractivity contribution is 0.638. The highest BCUT2D eigenvalue weighted by Gasteiger charge is 2.12. The second kappa shape index (κ2) is 7.35. The number of benzene rings is 2. The van der Waals surface area contributed by atoms with Crippen molar-refractivity contribution in [3.63, 3.8) is 0 Å². The maximum absolute atomic E-state index is 6.11. The van der Waals surface area contributed by atoms with Crippen LogP contribution in [-0.4, -0.2) is 0 Å². The second-order valence-corrected chi connectivity index (χ2v) is 6.86. The number of nitrogens with one attached hydrogen (secondary N) is 1.